The number of hydrogen-bond acceptors (Lipinski definition) is 8. The molecule has 39 heavy (non-hydrogen) atoms. The first kappa shape index (κ1) is 29.1. The Balaban J connectivity index is 1.27. The van der Waals surface area contributed by atoms with Gasteiger partial charge in [-0.25, -0.2) is 9.97 Å². The minimum atomic E-state index is -1.11. The molecule has 9 heteroatoms. The number of benzene rings is 1. The van der Waals surface area contributed by atoms with Gasteiger partial charge in [-0.1, -0.05) is 45.0 Å². The number of fused-ring (bicyclic) bond motifs is 1. The van der Waals surface area contributed by atoms with Crippen molar-refractivity contribution >= 4 is 22.6 Å². The molecule has 3 heterocycles. The molecule has 1 fully saturated rings. The van der Waals surface area contributed by atoms with E-state index in [0.717, 1.165) is 24.9 Å². The largest absolute Gasteiger partial charge is 0.387 e. The van der Waals surface area contributed by atoms with E-state index in [0.29, 0.717) is 36.2 Å². The van der Waals surface area contributed by atoms with Crippen LogP contribution in [0.15, 0.2) is 42.9 Å². The highest BCUT2D eigenvalue weighted by Gasteiger charge is 2.44. The number of nitrogen functional groups attached to an aromatic ring is 1. The molecule has 1 aliphatic rings. The number of ketones is 1. The summed E-state index contributed by atoms with van der Waals surface area (Å²) < 4.78 is 7.86. The van der Waals surface area contributed by atoms with E-state index in [9.17, 15) is 15.0 Å². The highest BCUT2D eigenvalue weighted by atomic mass is 16.6. The van der Waals surface area contributed by atoms with E-state index in [-0.39, 0.29) is 17.2 Å². The zero-order valence-electron chi connectivity index (χ0n) is 23.7. The lowest BCUT2D eigenvalue weighted by Crippen LogP contribution is -2.43. The Bertz CT molecular complexity index is 1250. The third-order valence-electron chi connectivity index (χ3n) is 7.67. The molecule has 4 rings (SSSR count). The Hall–Kier alpha value is -2.85. The van der Waals surface area contributed by atoms with Gasteiger partial charge in [0.25, 0.3) is 0 Å². The summed E-state index contributed by atoms with van der Waals surface area (Å²) in [5, 5.41) is 22.3. The van der Waals surface area contributed by atoms with Gasteiger partial charge in [0.05, 0.1) is 5.39 Å². The number of carbonyl (C=O) groups excluding carboxylic acids is 1. The topological polar surface area (TPSA) is 127 Å². The SMILES string of the molecule is CC(C)N(CCCCC(=O)Cc1ccc(C(C)(C)C)cc1)C[C@H]1O[C@@H](n2ccc3c(N)ncnc32)[C@H](O)[C@@H]1O. The van der Waals surface area contributed by atoms with Crippen molar-refractivity contribution in [2.24, 2.45) is 0 Å². The van der Waals surface area contributed by atoms with Gasteiger partial charge < -0.3 is 25.3 Å². The van der Waals surface area contributed by atoms with Gasteiger partial charge in [-0.15, -0.1) is 0 Å². The standard InChI is InChI=1S/C30H43N5O4/c1-19(2)34(14-7-6-8-22(36)16-20-9-11-21(12-10-20)30(3,4)5)17-24-25(37)26(38)29(39-24)35-15-13-23-27(31)32-18-33-28(23)35/h9-13,15,18-19,24-26,29,37-38H,6-8,14,16-17H2,1-5H3,(H2,31,32,33)/t24-,25-,26-,29-/m1/s1. The van der Waals surface area contributed by atoms with Crippen molar-refractivity contribution in [3.63, 3.8) is 0 Å². The van der Waals surface area contributed by atoms with Gasteiger partial charge in [0, 0.05) is 31.6 Å². The molecule has 0 radical (unpaired) electrons. The molecule has 4 N–H and O–H groups in total. The molecule has 2 aromatic heterocycles. The van der Waals surface area contributed by atoms with Crippen LogP contribution in [-0.4, -0.2) is 72.9 Å². The summed E-state index contributed by atoms with van der Waals surface area (Å²) in [4.78, 5) is 23.1. The van der Waals surface area contributed by atoms with E-state index in [2.05, 4.69) is 73.8 Å². The molecule has 0 saturated carbocycles. The van der Waals surface area contributed by atoms with Gasteiger partial charge in [-0.2, -0.15) is 0 Å². The van der Waals surface area contributed by atoms with E-state index >= 15 is 0 Å². The first-order chi connectivity index (χ1) is 18.5. The average Bonchev–Trinajstić information content (AvgIpc) is 3.42. The van der Waals surface area contributed by atoms with Gasteiger partial charge in [0.15, 0.2) is 6.23 Å². The number of nitrogens with zero attached hydrogens (tertiary/aromatic N) is 4. The van der Waals surface area contributed by atoms with Crippen LogP contribution in [0.3, 0.4) is 0 Å². The number of Topliss-reactive ketones (excluding diaryl/α,β-unsaturated/α-hetero) is 1. The van der Waals surface area contributed by atoms with Crippen molar-refractivity contribution < 1.29 is 19.7 Å². The quantitative estimate of drug-likeness (QED) is 0.317. The molecule has 0 unspecified atom stereocenters. The normalized spacial score (nSPS) is 21.9. The van der Waals surface area contributed by atoms with Crippen LogP contribution in [0.5, 0.6) is 0 Å². The molecule has 1 aromatic carbocycles. The Labute approximate surface area is 231 Å². The van der Waals surface area contributed by atoms with Crippen LogP contribution < -0.4 is 5.73 Å². The summed E-state index contributed by atoms with van der Waals surface area (Å²) in [5.41, 5.74) is 8.92. The maximum absolute atomic E-state index is 12.6. The monoisotopic (exact) mass is 537 g/mol. The number of aromatic nitrogens is 3. The van der Waals surface area contributed by atoms with Gasteiger partial charge >= 0.3 is 0 Å². The van der Waals surface area contributed by atoms with Crippen LogP contribution in [0, 0.1) is 0 Å². The number of carbonyl (C=O) groups is 1. The number of ether oxygens (including phenoxy) is 1. The number of rotatable bonds is 11. The fraction of sp³-hybridized carbons (Fsp3) is 0.567. The molecule has 212 valence electrons. The third kappa shape index (κ3) is 6.84. The van der Waals surface area contributed by atoms with Crippen molar-refractivity contribution in [2.45, 2.75) is 96.3 Å². The molecule has 0 aliphatic carbocycles. The maximum atomic E-state index is 12.6. The molecule has 0 spiro atoms. The first-order valence-corrected chi connectivity index (χ1v) is 13.9. The fourth-order valence-corrected chi connectivity index (χ4v) is 5.17. The molecule has 3 aromatic rings. The Morgan fingerprint density at radius 1 is 1.10 bits per heavy atom. The van der Waals surface area contributed by atoms with Crippen LogP contribution in [0.1, 0.15) is 71.2 Å². The summed E-state index contributed by atoms with van der Waals surface area (Å²) in [7, 11) is 0. The van der Waals surface area contributed by atoms with Crippen LogP contribution in [0.2, 0.25) is 0 Å². The molecule has 1 saturated heterocycles. The summed E-state index contributed by atoms with van der Waals surface area (Å²) in [6.45, 7) is 12.0. The van der Waals surface area contributed by atoms with Crippen molar-refractivity contribution in [1.82, 2.24) is 19.4 Å². The Kier molecular flexibility index (Phi) is 9.06. The van der Waals surface area contributed by atoms with Crippen molar-refractivity contribution in [1.29, 1.82) is 0 Å². The van der Waals surface area contributed by atoms with E-state index in [1.807, 2.05) is 0 Å². The van der Waals surface area contributed by atoms with Gasteiger partial charge in [-0.05, 0) is 55.8 Å². The van der Waals surface area contributed by atoms with Crippen LogP contribution in [-0.2, 0) is 21.4 Å². The number of nitrogens with two attached hydrogens (primary N) is 1. The lowest BCUT2D eigenvalue weighted by Gasteiger charge is -2.30. The number of aliphatic hydroxyl groups excluding tert-OH is 2. The second kappa shape index (κ2) is 12.1. The minimum Gasteiger partial charge on any atom is -0.387 e. The first-order valence-electron chi connectivity index (χ1n) is 13.9. The molecule has 4 atom stereocenters. The fourth-order valence-electron chi connectivity index (χ4n) is 5.17. The van der Waals surface area contributed by atoms with Gasteiger partial charge in [-0.3, -0.25) is 9.69 Å². The van der Waals surface area contributed by atoms with Crippen LogP contribution >= 0.6 is 0 Å². The number of anilines is 1. The van der Waals surface area contributed by atoms with Crippen molar-refractivity contribution in [3.05, 3.63) is 54.0 Å². The molecule has 0 bridgehead atoms. The second-order valence-electron chi connectivity index (χ2n) is 12.0. The third-order valence-corrected chi connectivity index (χ3v) is 7.67. The molecule has 1 aliphatic heterocycles. The van der Waals surface area contributed by atoms with Gasteiger partial charge in [0.2, 0.25) is 0 Å². The summed E-state index contributed by atoms with van der Waals surface area (Å²) >= 11 is 0. The smallest absolute Gasteiger partial charge is 0.164 e. The lowest BCUT2D eigenvalue weighted by molar-refractivity contribution is -0.118. The molecular formula is C30H43N5O4. The van der Waals surface area contributed by atoms with E-state index in [1.54, 1.807) is 16.8 Å². The highest BCUT2D eigenvalue weighted by Crippen LogP contribution is 2.33. The van der Waals surface area contributed by atoms with Crippen LogP contribution in [0.4, 0.5) is 5.82 Å². The van der Waals surface area contributed by atoms with Crippen LogP contribution in [0.25, 0.3) is 11.0 Å². The highest BCUT2D eigenvalue weighted by molar-refractivity contribution is 5.86. The average molecular weight is 538 g/mol. The Morgan fingerprint density at radius 2 is 1.82 bits per heavy atom. The summed E-state index contributed by atoms with van der Waals surface area (Å²) in [6, 6.07) is 10.4. The predicted octanol–water partition coefficient (Wildman–Crippen LogP) is 3.62. The number of hydrogen-bond donors (Lipinski definition) is 3. The van der Waals surface area contributed by atoms with E-state index in [4.69, 9.17) is 10.5 Å². The zero-order chi connectivity index (χ0) is 28.3. The molecular weight excluding hydrogens is 494 g/mol. The van der Waals surface area contributed by atoms with E-state index in [1.165, 1.54) is 11.9 Å². The lowest BCUT2D eigenvalue weighted by atomic mass is 9.86. The van der Waals surface area contributed by atoms with Crippen molar-refractivity contribution in [2.75, 3.05) is 18.8 Å². The van der Waals surface area contributed by atoms with E-state index < -0.39 is 24.5 Å². The molecule has 9 nitrogen and oxygen atoms in total. The van der Waals surface area contributed by atoms with Crippen molar-refractivity contribution in [3.8, 4) is 0 Å². The summed E-state index contributed by atoms with van der Waals surface area (Å²) in [5.74, 6) is 0.602. The second-order valence-corrected chi connectivity index (χ2v) is 12.0. The Morgan fingerprint density at radius 3 is 2.49 bits per heavy atom. The zero-order valence-corrected chi connectivity index (χ0v) is 23.7. The number of unbranched alkanes of at least 4 members (excludes halogenated alkanes) is 1. The maximum Gasteiger partial charge on any atom is 0.164 e. The summed E-state index contributed by atoms with van der Waals surface area (Å²) in [6.07, 6.45) is 2.30. The van der Waals surface area contributed by atoms with Gasteiger partial charge in [0.1, 0.15) is 41.9 Å². The molecule has 0 amide bonds. The number of aliphatic hydroxyl groups is 2. The predicted molar refractivity (Wildman–Crippen MR) is 152 cm³/mol. The minimum absolute atomic E-state index is 0.101.